The van der Waals surface area contributed by atoms with Crippen molar-refractivity contribution in [2.45, 2.75) is 23.9 Å². The number of nitrogens with zero attached hydrogens (tertiary/aromatic N) is 4. The number of rotatable bonds is 9. The van der Waals surface area contributed by atoms with Crippen molar-refractivity contribution in [3.05, 3.63) is 106 Å². The van der Waals surface area contributed by atoms with E-state index in [2.05, 4.69) is 15.5 Å². The van der Waals surface area contributed by atoms with Gasteiger partial charge in [0.15, 0.2) is 11.0 Å². The number of amides is 1. The SMILES string of the molecule is COc1ccc(C(=O)NC(C)c2nnc(SCc3ccc(F)cc3)n2-c2ccc([N+](=O)[O-])cc2)cc1. The first-order valence-corrected chi connectivity index (χ1v) is 11.9. The largest absolute Gasteiger partial charge is 0.497 e. The minimum atomic E-state index is -0.539. The van der Waals surface area contributed by atoms with Crippen LogP contribution in [-0.4, -0.2) is 32.7 Å². The normalized spacial score (nSPS) is 11.6. The maximum Gasteiger partial charge on any atom is 0.269 e. The number of nitro benzene ring substituents is 1. The van der Waals surface area contributed by atoms with Crippen molar-refractivity contribution in [3.63, 3.8) is 0 Å². The van der Waals surface area contributed by atoms with Crippen molar-refractivity contribution in [2.75, 3.05) is 7.11 Å². The van der Waals surface area contributed by atoms with Gasteiger partial charge in [-0.3, -0.25) is 19.5 Å². The number of nitro groups is 1. The van der Waals surface area contributed by atoms with Gasteiger partial charge in [0.25, 0.3) is 11.6 Å². The molecule has 0 aliphatic carbocycles. The molecule has 0 aliphatic rings. The van der Waals surface area contributed by atoms with E-state index in [0.29, 0.717) is 33.7 Å². The number of hydrogen-bond donors (Lipinski definition) is 1. The Morgan fingerprint density at radius 3 is 2.36 bits per heavy atom. The second-order valence-corrected chi connectivity index (χ2v) is 8.73. The maximum absolute atomic E-state index is 13.3. The summed E-state index contributed by atoms with van der Waals surface area (Å²) in [7, 11) is 1.55. The third kappa shape index (κ3) is 5.69. The van der Waals surface area contributed by atoms with E-state index >= 15 is 0 Å². The van der Waals surface area contributed by atoms with Crippen molar-refractivity contribution in [2.24, 2.45) is 0 Å². The van der Waals surface area contributed by atoms with Crippen molar-refractivity contribution >= 4 is 23.4 Å². The highest BCUT2D eigenvalue weighted by Gasteiger charge is 2.22. The number of aromatic nitrogens is 3. The molecule has 0 fully saturated rings. The van der Waals surface area contributed by atoms with Crippen LogP contribution in [0.1, 0.15) is 34.7 Å². The molecular formula is C25H22FN5O4S. The van der Waals surface area contributed by atoms with Gasteiger partial charge in [-0.15, -0.1) is 10.2 Å². The predicted octanol–water partition coefficient (Wildman–Crippen LogP) is 5.11. The zero-order chi connectivity index (χ0) is 25.7. The van der Waals surface area contributed by atoms with Crippen LogP contribution in [0.15, 0.2) is 78.0 Å². The quantitative estimate of drug-likeness (QED) is 0.190. The molecule has 0 radical (unpaired) electrons. The van der Waals surface area contributed by atoms with E-state index < -0.39 is 11.0 Å². The van der Waals surface area contributed by atoms with Gasteiger partial charge in [0, 0.05) is 29.1 Å². The fraction of sp³-hybridized carbons (Fsp3) is 0.160. The standard InChI is InChI=1S/C25H22FN5O4S/c1-16(27-24(32)18-5-13-22(35-2)14-6-18)23-28-29-25(36-15-17-3-7-19(26)8-4-17)30(23)20-9-11-21(12-10-20)31(33)34/h3-14,16H,15H2,1-2H3,(H,27,32). The third-order valence-corrected chi connectivity index (χ3v) is 6.35. The Kier molecular flexibility index (Phi) is 7.59. The molecule has 4 rings (SSSR count). The summed E-state index contributed by atoms with van der Waals surface area (Å²) in [4.78, 5) is 23.5. The number of halogens is 1. The fourth-order valence-electron chi connectivity index (χ4n) is 3.44. The van der Waals surface area contributed by atoms with Crippen LogP contribution in [0, 0.1) is 15.9 Å². The maximum atomic E-state index is 13.3. The number of hydrogen-bond acceptors (Lipinski definition) is 7. The van der Waals surface area contributed by atoms with Gasteiger partial charge in [-0.1, -0.05) is 23.9 Å². The predicted molar refractivity (Wildman–Crippen MR) is 133 cm³/mol. The molecule has 9 nitrogen and oxygen atoms in total. The van der Waals surface area contributed by atoms with E-state index in [4.69, 9.17) is 4.74 Å². The molecule has 0 aliphatic heterocycles. The van der Waals surface area contributed by atoms with Gasteiger partial charge in [-0.2, -0.15) is 0 Å². The van der Waals surface area contributed by atoms with E-state index in [1.54, 1.807) is 67.1 Å². The highest BCUT2D eigenvalue weighted by atomic mass is 32.2. The summed E-state index contributed by atoms with van der Waals surface area (Å²) in [5.41, 5.74) is 1.90. The molecule has 184 valence electrons. The number of nitrogens with one attached hydrogen (secondary N) is 1. The zero-order valence-electron chi connectivity index (χ0n) is 19.4. The van der Waals surface area contributed by atoms with E-state index in [1.807, 2.05) is 0 Å². The van der Waals surface area contributed by atoms with Gasteiger partial charge in [-0.25, -0.2) is 4.39 Å². The van der Waals surface area contributed by atoms with Crippen molar-refractivity contribution in [1.29, 1.82) is 0 Å². The molecule has 0 saturated carbocycles. The second-order valence-electron chi connectivity index (χ2n) is 7.79. The van der Waals surface area contributed by atoms with Gasteiger partial charge < -0.3 is 10.1 Å². The Hall–Kier alpha value is -4.25. The van der Waals surface area contributed by atoms with Crippen molar-refractivity contribution < 1.29 is 18.8 Å². The zero-order valence-corrected chi connectivity index (χ0v) is 20.2. The second kappa shape index (κ2) is 11.0. The van der Waals surface area contributed by atoms with Gasteiger partial charge in [0.05, 0.1) is 18.1 Å². The monoisotopic (exact) mass is 507 g/mol. The molecule has 0 saturated heterocycles. The number of methoxy groups -OCH3 is 1. The summed E-state index contributed by atoms with van der Waals surface area (Å²) in [5, 5.41) is 23.2. The molecule has 1 amide bonds. The molecule has 1 atom stereocenters. The van der Waals surface area contributed by atoms with Crippen molar-refractivity contribution in [3.8, 4) is 11.4 Å². The van der Waals surface area contributed by atoms with Crippen LogP contribution in [0.25, 0.3) is 5.69 Å². The highest BCUT2D eigenvalue weighted by Crippen LogP contribution is 2.29. The number of thioether (sulfide) groups is 1. The Morgan fingerprint density at radius 1 is 1.08 bits per heavy atom. The first-order valence-electron chi connectivity index (χ1n) is 10.9. The molecular weight excluding hydrogens is 485 g/mol. The smallest absolute Gasteiger partial charge is 0.269 e. The Morgan fingerprint density at radius 2 is 1.75 bits per heavy atom. The lowest BCUT2D eigenvalue weighted by Crippen LogP contribution is -2.28. The third-order valence-electron chi connectivity index (χ3n) is 5.35. The van der Waals surface area contributed by atoms with Crippen LogP contribution in [0.2, 0.25) is 0 Å². The fourth-order valence-corrected chi connectivity index (χ4v) is 4.35. The van der Waals surface area contributed by atoms with Crippen molar-refractivity contribution in [1.82, 2.24) is 20.1 Å². The first kappa shape index (κ1) is 24.9. The molecule has 36 heavy (non-hydrogen) atoms. The van der Waals surface area contributed by atoms with Gasteiger partial charge in [0.2, 0.25) is 0 Å². The van der Waals surface area contributed by atoms with Crippen LogP contribution in [0.4, 0.5) is 10.1 Å². The number of carbonyl (C=O) groups is 1. The summed E-state index contributed by atoms with van der Waals surface area (Å²) in [6.07, 6.45) is 0. The molecule has 1 aromatic heterocycles. The number of benzene rings is 3. The van der Waals surface area contributed by atoms with Gasteiger partial charge in [0.1, 0.15) is 11.6 Å². The number of ether oxygens (including phenoxy) is 1. The first-order chi connectivity index (χ1) is 17.4. The van der Waals surface area contributed by atoms with Crippen LogP contribution in [0.3, 0.4) is 0 Å². The lowest BCUT2D eigenvalue weighted by Gasteiger charge is -2.16. The Labute approximate surface area is 210 Å². The summed E-state index contributed by atoms with van der Waals surface area (Å²) in [5.74, 6) is 0.968. The minimum Gasteiger partial charge on any atom is -0.497 e. The number of carbonyl (C=O) groups excluding carboxylic acids is 1. The average molecular weight is 508 g/mol. The molecule has 1 N–H and O–H groups in total. The summed E-state index contributed by atoms with van der Waals surface area (Å²) in [6, 6.07) is 18.3. The average Bonchev–Trinajstić information content (AvgIpc) is 3.32. The summed E-state index contributed by atoms with van der Waals surface area (Å²) < 4.78 is 20.1. The highest BCUT2D eigenvalue weighted by molar-refractivity contribution is 7.98. The summed E-state index contributed by atoms with van der Waals surface area (Å²) in [6.45, 7) is 1.78. The van der Waals surface area contributed by atoms with Gasteiger partial charge in [-0.05, 0) is 61.0 Å². The molecule has 4 aromatic rings. The molecule has 0 bridgehead atoms. The molecule has 11 heteroatoms. The molecule has 3 aromatic carbocycles. The van der Waals surface area contributed by atoms with E-state index in [0.717, 1.165) is 5.56 Å². The lowest BCUT2D eigenvalue weighted by molar-refractivity contribution is -0.384. The minimum absolute atomic E-state index is 0.0465. The Bertz CT molecular complexity index is 1360. The molecule has 1 unspecified atom stereocenters. The van der Waals surface area contributed by atoms with Gasteiger partial charge >= 0.3 is 0 Å². The molecule has 1 heterocycles. The van der Waals surface area contributed by atoms with Crippen LogP contribution < -0.4 is 10.1 Å². The summed E-state index contributed by atoms with van der Waals surface area (Å²) >= 11 is 1.38. The van der Waals surface area contributed by atoms with Crippen LogP contribution >= 0.6 is 11.8 Å². The molecule has 0 spiro atoms. The number of non-ortho nitro benzene ring substituents is 1. The van der Waals surface area contributed by atoms with E-state index in [1.165, 1.54) is 36.0 Å². The Balaban J connectivity index is 1.62. The van der Waals surface area contributed by atoms with Crippen LogP contribution in [-0.2, 0) is 5.75 Å². The van der Waals surface area contributed by atoms with Crippen LogP contribution in [0.5, 0.6) is 5.75 Å². The lowest BCUT2D eigenvalue weighted by atomic mass is 10.2. The topological polar surface area (TPSA) is 112 Å². The van der Waals surface area contributed by atoms with E-state index in [9.17, 15) is 19.3 Å². The van der Waals surface area contributed by atoms with E-state index in [-0.39, 0.29) is 17.4 Å².